The van der Waals surface area contributed by atoms with Crippen molar-refractivity contribution in [3.05, 3.63) is 35.9 Å². The van der Waals surface area contributed by atoms with Gasteiger partial charge in [0.15, 0.2) is 0 Å². The molecule has 0 aliphatic heterocycles. The van der Waals surface area contributed by atoms with E-state index in [0.29, 0.717) is 5.69 Å². The third-order valence-electron chi connectivity index (χ3n) is 2.81. The summed E-state index contributed by atoms with van der Waals surface area (Å²) in [4.78, 5) is 3.06. The average Bonchev–Trinajstić information content (AvgIpc) is 2.98. The van der Waals surface area contributed by atoms with Gasteiger partial charge in [0.05, 0.1) is 11.1 Å². The number of hydrogen-bond donors (Lipinski definition) is 2. The molecule has 0 aliphatic carbocycles. The van der Waals surface area contributed by atoms with E-state index in [2.05, 4.69) is 10.1 Å². The molecular weight excluding hydrogens is 266 g/mol. The largest absolute Gasteiger partial charge is 0.363 e. The molecule has 2 aromatic heterocycles. The molecule has 0 aliphatic rings. The van der Waals surface area contributed by atoms with E-state index < -0.39 is 10.0 Å². The highest BCUT2D eigenvalue weighted by atomic mass is 32.2. The van der Waals surface area contributed by atoms with Crippen molar-refractivity contribution >= 4 is 10.0 Å². The number of sulfonamides is 1. The Bertz CT molecular complexity index is 658. The van der Waals surface area contributed by atoms with E-state index in [0.717, 1.165) is 5.56 Å². The molecule has 8 heteroatoms. The molecule has 0 saturated heterocycles. The summed E-state index contributed by atoms with van der Waals surface area (Å²) in [6.45, 7) is 0.557. The number of aromatic amines is 1. The summed E-state index contributed by atoms with van der Waals surface area (Å²) < 4.78 is 27.5. The van der Waals surface area contributed by atoms with Crippen molar-refractivity contribution in [3.63, 3.8) is 0 Å². The molecule has 2 heterocycles. The van der Waals surface area contributed by atoms with E-state index in [1.54, 1.807) is 30.2 Å². The second-order valence-corrected chi connectivity index (χ2v) is 6.39. The van der Waals surface area contributed by atoms with Crippen LogP contribution in [-0.2, 0) is 30.2 Å². The van der Waals surface area contributed by atoms with Crippen molar-refractivity contribution in [2.75, 3.05) is 7.05 Å². The maximum absolute atomic E-state index is 12.3. The van der Waals surface area contributed by atoms with Gasteiger partial charge < -0.3 is 10.7 Å². The van der Waals surface area contributed by atoms with Crippen LogP contribution >= 0.6 is 0 Å². The molecule has 0 fully saturated rings. The van der Waals surface area contributed by atoms with Crippen LogP contribution in [0.25, 0.3) is 0 Å². The molecule has 0 spiro atoms. The lowest BCUT2D eigenvalue weighted by atomic mass is 10.4. The van der Waals surface area contributed by atoms with Crippen molar-refractivity contribution in [3.8, 4) is 0 Å². The SMILES string of the molecule is CN(Cc1cnn(C)c1)S(=O)(=O)c1c[nH]c(CN)c1. The van der Waals surface area contributed by atoms with Gasteiger partial charge in [0.2, 0.25) is 10.0 Å². The molecule has 0 bridgehead atoms. The number of nitrogens with two attached hydrogens (primary N) is 1. The van der Waals surface area contributed by atoms with Crippen molar-refractivity contribution in [1.82, 2.24) is 19.1 Å². The predicted octanol–water partition coefficient (Wildman–Crippen LogP) is 0.0276. The molecule has 0 atom stereocenters. The summed E-state index contributed by atoms with van der Waals surface area (Å²) in [5, 5.41) is 4.01. The van der Waals surface area contributed by atoms with Gasteiger partial charge in [0, 0.05) is 50.8 Å². The Balaban J connectivity index is 2.19. The van der Waals surface area contributed by atoms with Gasteiger partial charge in [0.25, 0.3) is 0 Å². The minimum atomic E-state index is -3.51. The number of nitrogens with zero attached hydrogens (tertiary/aromatic N) is 3. The van der Waals surface area contributed by atoms with Crippen LogP contribution in [0.2, 0.25) is 0 Å². The Morgan fingerprint density at radius 3 is 2.79 bits per heavy atom. The molecule has 0 saturated carbocycles. The first kappa shape index (κ1) is 13.8. The topological polar surface area (TPSA) is 97.0 Å². The molecular formula is C11H17N5O2S. The monoisotopic (exact) mass is 283 g/mol. The van der Waals surface area contributed by atoms with E-state index in [9.17, 15) is 8.42 Å². The third kappa shape index (κ3) is 2.86. The first-order valence-corrected chi connectivity index (χ1v) is 7.18. The van der Waals surface area contributed by atoms with Gasteiger partial charge in [-0.2, -0.15) is 9.40 Å². The van der Waals surface area contributed by atoms with E-state index in [1.807, 2.05) is 0 Å². The summed E-state index contributed by atoms with van der Waals surface area (Å²) in [6, 6.07) is 1.55. The maximum Gasteiger partial charge on any atom is 0.244 e. The van der Waals surface area contributed by atoms with E-state index in [4.69, 9.17) is 5.73 Å². The molecule has 2 aromatic rings. The summed E-state index contributed by atoms with van der Waals surface area (Å²) in [5.74, 6) is 0. The van der Waals surface area contributed by atoms with Crippen LogP contribution in [0.4, 0.5) is 0 Å². The Kier molecular flexibility index (Phi) is 3.74. The normalized spacial score (nSPS) is 12.2. The molecule has 3 N–H and O–H groups in total. The number of aryl methyl sites for hydroxylation is 1. The minimum Gasteiger partial charge on any atom is -0.363 e. The highest BCUT2D eigenvalue weighted by molar-refractivity contribution is 7.89. The molecule has 19 heavy (non-hydrogen) atoms. The number of aromatic nitrogens is 3. The fourth-order valence-corrected chi connectivity index (χ4v) is 2.94. The standard InChI is InChI=1S/C11H17N5O2S/c1-15-7-9(5-14-15)8-16(2)19(17,18)11-3-10(4-12)13-6-11/h3,5-7,13H,4,8,12H2,1-2H3. The zero-order chi connectivity index (χ0) is 14.0. The molecule has 7 nitrogen and oxygen atoms in total. The van der Waals surface area contributed by atoms with E-state index in [1.165, 1.54) is 17.5 Å². The summed E-state index contributed by atoms with van der Waals surface area (Å²) in [7, 11) is -0.179. The Labute approximate surface area is 112 Å². The van der Waals surface area contributed by atoms with Gasteiger partial charge in [-0.15, -0.1) is 0 Å². The highest BCUT2D eigenvalue weighted by Crippen LogP contribution is 2.17. The van der Waals surface area contributed by atoms with Crippen molar-refractivity contribution in [1.29, 1.82) is 0 Å². The van der Waals surface area contributed by atoms with Crippen LogP contribution in [0, 0.1) is 0 Å². The zero-order valence-electron chi connectivity index (χ0n) is 10.9. The molecule has 0 aromatic carbocycles. The fourth-order valence-electron chi connectivity index (χ4n) is 1.76. The second-order valence-electron chi connectivity index (χ2n) is 4.35. The van der Waals surface area contributed by atoms with Gasteiger partial charge >= 0.3 is 0 Å². The number of H-pyrrole nitrogens is 1. The van der Waals surface area contributed by atoms with Crippen LogP contribution in [-0.4, -0.2) is 34.5 Å². The van der Waals surface area contributed by atoms with Crippen LogP contribution < -0.4 is 5.73 Å². The van der Waals surface area contributed by atoms with Crippen molar-refractivity contribution < 1.29 is 8.42 Å². The smallest absolute Gasteiger partial charge is 0.244 e. The number of rotatable bonds is 5. The average molecular weight is 283 g/mol. The Morgan fingerprint density at radius 2 is 2.26 bits per heavy atom. The molecule has 0 amide bonds. The van der Waals surface area contributed by atoms with Crippen LogP contribution in [0.15, 0.2) is 29.6 Å². The molecule has 0 unspecified atom stereocenters. The third-order valence-corrected chi connectivity index (χ3v) is 4.59. The molecule has 0 radical (unpaired) electrons. The number of nitrogens with one attached hydrogen (secondary N) is 1. The van der Waals surface area contributed by atoms with E-state index in [-0.39, 0.29) is 18.0 Å². The fraction of sp³-hybridized carbons (Fsp3) is 0.364. The van der Waals surface area contributed by atoms with Gasteiger partial charge in [-0.05, 0) is 6.07 Å². The van der Waals surface area contributed by atoms with Crippen LogP contribution in [0.1, 0.15) is 11.3 Å². The first-order chi connectivity index (χ1) is 8.93. The quantitative estimate of drug-likeness (QED) is 0.809. The van der Waals surface area contributed by atoms with Crippen molar-refractivity contribution in [2.24, 2.45) is 12.8 Å². The van der Waals surface area contributed by atoms with Crippen LogP contribution in [0.5, 0.6) is 0 Å². The highest BCUT2D eigenvalue weighted by Gasteiger charge is 2.22. The summed E-state index contributed by atoms with van der Waals surface area (Å²) in [5.41, 5.74) is 6.98. The maximum atomic E-state index is 12.3. The Morgan fingerprint density at radius 1 is 1.53 bits per heavy atom. The lowest BCUT2D eigenvalue weighted by molar-refractivity contribution is 0.466. The first-order valence-electron chi connectivity index (χ1n) is 5.74. The minimum absolute atomic E-state index is 0.222. The Hall–Kier alpha value is -1.64. The predicted molar refractivity (Wildman–Crippen MR) is 70.5 cm³/mol. The lowest BCUT2D eigenvalue weighted by Crippen LogP contribution is -2.26. The van der Waals surface area contributed by atoms with E-state index >= 15 is 0 Å². The molecule has 104 valence electrons. The summed E-state index contributed by atoms with van der Waals surface area (Å²) in [6.07, 6.45) is 4.89. The summed E-state index contributed by atoms with van der Waals surface area (Å²) >= 11 is 0. The lowest BCUT2D eigenvalue weighted by Gasteiger charge is -2.14. The van der Waals surface area contributed by atoms with Gasteiger partial charge in [-0.3, -0.25) is 4.68 Å². The van der Waals surface area contributed by atoms with Gasteiger partial charge in [-0.25, -0.2) is 8.42 Å². The second kappa shape index (κ2) is 5.16. The van der Waals surface area contributed by atoms with Crippen LogP contribution in [0.3, 0.4) is 0 Å². The van der Waals surface area contributed by atoms with Gasteiger partial charge in [0.1, 0.15) is 0 Å². The van der Waals surface area contributed by atoms with Crippen molar-refractivity contribution in [2.45, 2.75) is 18.0 Å². The zero-order valence-corrected chi connectivity index (χ0v) is 11.7. The number of hydrogen-bond acceptors (Lipinski definition) is 4. The van der Waals surface area contributed by atoms with Gasteiger partial charge in [-0.1, -0.05) is 0 Å². The molecule has 2 rings (SSSR count).